The lowest BCUT2D eigenvalue weighted by atomic mass is 10.2. The molecule has 88 valence electrons. The quantitative estimate of drug-likeness (QED) is 0.752. The number of nitrogens with zero attached hydrogens (tertiary/aromatic N) is 1. The smallest absolute Gasteiger partial charge is 0.161 e. The van der Waals surface area contributed by atoms with E-state index in [0.717, 1.165) is 16.3 Å². The molecular weight excluding hydrogens is 222 g/mol. The Hall–Kier alpha value is -1.29. The maximum atomic E-state index is 5.44. The van der Waals surface area contributed by atoms with Gasteiger partial charge in [0.1, 0.15) is 4.99 Å². The van der Waals surface area contributed by atoms with Gasteiger partial charge in [-0.3, -0.25) is 0 Å². The monoisotopic (exact) mass is 239 g/mol. The molecule has 0 N–H and O–H groups in total. The summed E-state index contributed by atoms with van der Waals surface area (Å²) in [6.07, 6.45) is 0. The van der Waals surface area contributed by atoms with E-state index in [-0.39, 0.29) is 0 Å². The molecule has 0 atom stereocenters. The van der Waals surface area contributed by atoms with Crippen LogP contribution in [0.2, 0.25) is 0 Å². The molecule has 1 aromatic carbocycles. The normalized spacial score (nSPS) is 9.75. The largest absolute Gasteiger partial charge is 0.493 e. The highest BCUT2D eigenvalue weighted by atomic mass is 32.1. The van der Waals surface area contributed by atoms with E-state index < -0.39 is 0 Å². The van der Waals surface area contributed by atoms with Gasteiger partial charge >= 0.3 is 0 Å². The molecule has 0 saturated carbocycles. The predicted octanol–water partition coefficient (Wildman–Crippen LogP) is 2.33. The van der Waals surface area contributed by atoms with E-state index in [1.165, 1.54) is 0 Å². The first kappa shape index (κ1) is 12.8. The summed E-state index contributed by atoms with van der Waals surface area (Å²) >= 11 is 5.29. The summed E-state index contributed by atoms with van der Waals surface area (Å²) in [6, 6.07) is 5.72. The van der Waals surface area contributed by atoms with Crippen molar-refractivity contribution in [3.63, 3.8) is 0 Å². The highest BCUT2D eigenvalue weighted by Gasteiger charge is 2.09. The summed E-state index contributed by atoms with van der Waals surface area (Å²) in [4.78, 5) is 2.67. The maximum absolute atomic E-state index is 5.44. The second-order valence-electron chi connectivity index (χ2n) is 3.50. The molecule has 0 aromatic heterocycles. The number of hydrogen-bond acceptors (Lipinski definition) is 3. The van der Waals surface area contributed by atoms with Gasteiger partial charge < -0.3 is 14.4 Å². The van der Waals surface area contributed by atoms with E-state index in [1.54, 1.807) is 7.11 Å². The van der Waals surface area contributed by atoms with Crippen LogP contribution in [0.25, 0.3) is 0 Å². The summed E-state index contributed by atoms with van der Waals surface area (Å²) in [5.74, 6) is 1.46. The van der Waals surface area contributed by atoms with Gasteiger partial charge in [0.25, 0.3) is 0 Å². The highest BCUT2D eigenvalue weighted by molar-refractivity contribution is 7.80. The molecule has 0 spiro atoms. The maximum Gasteiger partial charge on any atom is 0.161 e. The first-order valence-electron chi connectivity index (χ1n) is 5.12. The molecule has 1 aromatic rings. The molecule has 0 aliphatic heterocycles. The Kier molecular flexibility index (Phi) is 4.55. The van der Waals surface area contributed by atoms with Crippen molar-refractivity contribution in [1.82, 2.24) is 4.90 Å². The molecule has 0 unspecified atom stereocenters. The molecular formula is C12H17NO2S. The van der Waals surface area contributed by atoms with Crippen molar-refractivity contribution in [2.24, 2.45) is 0 Å². The summed E-state index contributed by atoms with van der Waals surface area (Å²) in [5.41, 5.74) is 0.959. The van der Waals surface area contributed by atoms with Crippen molar-refractivity contribution in [3.8, 4) is 11.5 Å². The minimum Gasteiger partial charge on any atom is -0.493 e. The minimum absolute atomic E-state index is 0.619. The Morgan fingerprint density at radius 2 is 2.00 bits per heavy atom. The summed E-state index contributed by atoms with van der Waals surface area (Å²) in [7, 11) is 5.47. The zero-order valence-corrected chi connectivity index (χ0v) is 10.9. The highest BCUT2D eigenvalue weighted by Crippen LogP contribution is 2.28. The van der Waals surface area contributed by atoms with E-state index in [0.29, 0.717) is 12.4 Å². The van der Waals surface area contributed by atoms with Crippen LogP contribution in [0, 0.1) is 0 Å². The van der Waals surface area contributed by atoms with Crippen molar-refractivity contribution >= 4 is 17.2 Å². The summed E-state index contributed by atoms with van der Waals surface area (Å²) in [5, 5.41) is 0. The van der Waals surface area contributed by atoms with Crippen LogP contribution >= 0.6 is 12.2 Å². The lowest BCUT2D eigenvalue weighted by Crippen LogP contribution is -2.20. The van der Waals surface area contributed by atoms with E-state index in [4.69, 9.17) is 21.7 Å². The summed E-state index contributed by atoms with van der Waals surface area (Å²) in [6.45, 7) is 2.56. The van der Waals surface area contributed by atoms with Crippen LogP contribution in [0.5, 0.6) is 11.5 Å². The molecule has 0 aliphatic rings. The van der Waals surface area contributed by atoms with E-state index in [1.807, 2.05) is 44.1 Å². The second-order valence-corrected chi connectivity index (χ2v) is 3.88. The number of methoxy groups -OCH3 is 1. The zero-order valence-electron chi connectivity index (χ0n) is 10.1. The molecule has 1 rings (SSSR count). The molecule has 16 heavy (non-hydrogen) atoms. The van der Waals surface area contributed by atoms with Crippen LogP contribution in [0.4, 0.5) is 0 Å². The molecule has 0 heterocycles. The van der Waals surface area contributed by atoms with E-state index in [9.17, 15) is 0 Å². The van der Waals surface area contributed by atoms with E-state index >= 15 is 0 Å². The number of ether oxygens (including phenoxy) is 2. The van der Waals surface area contributed by atoms with Crippen LogP contribution in [0.3, 0.4) is 0 Å². The first-order valence-corrected chi connectivity index (χ1v) is 5.53. The van der Waals surface area contributed by atoms with Gasteiger partial charge in [-0.1, -0.05) is 12.2 Å². The average Bonchev–Trinajstić information content (AvgIpc) is 2.29. The number of benzene rings is 1. The summed E-state index contributed by atoms with van der Waals surface area (Å²) < 4.78 is 10.7. The number of hydrogen-bond donors (Lipinski definition) is 0. The fraction of sp³-hybridized carbons (Fsp3) is 0.417. The molecule has 0 saturated heterocycles. The Labute approximate surface area is 102 Å². The third-order valence-corrected chi connectivity index (χ3v) is 2.72. The van der Waals surface area contributed by atoms with Crippen molar-refractivity contribution < 1.29 is 9.47 Å². The van der Waals surface area contributed by atoms with Gasteiger partial charge in [0.15, 0.2) is 11.5 Å². The third-order valence-electron chi connectivity index (χ3n) is 2.12. The lowest BCUT2D eigenvalue weighted by Gasteiger charge is -2.16. The number of rotatable bonds is 4. The van der Waals surface area contributed by atoms with Crippen LogP contribution in [-0.2, 0) is 0 Å². The van der Waals surface area contributed by atoms with Crippen LogP contribution in [-0.4, -0.2) is 37.7 Å². The lowest BCUT2D eigenvalue weighted by molar-refractivity contribution is 0.311. The van der Waals surface area contributed by atoms with Gasteiger partial charge in [0, 0.05) is 19.7 Å². The molecule has 3 nitrogen and oxygen atoms in total. The minimum atomic E-state index is 0.619. The van der Waals surface area contributed by atoms with Crippen molar-refractivity contribution in [2.75, 3.05) is 27.8 Å². The average molecular weight is 239 g/mol. The van der Waals surface area contributed by atoms with Crippen molar-refractivity contribution in [2.45, 2.75) is 6.92 Å². The van der Waals surface area contributed by atoms with Gasteiger partial charge in [0.2, 0.25) is 0 Å². The Bertz CT molecular complexity index is 377. The molecule has 4 heteroatoms. The van der Waals surface area contributed by atoms with Crippen molar-refractivity contribution in [3.05, 3.63) is 23.8 Å². The molecule has 0 amide bonds. The Morgan fingerprint density at radius 1 is 1.31 bits per heavy atom. The standard InChI is InChI=1S/C12H17NO2S/c1-5-15-10-7-6-9(8-11(10)14-4)12(16)13(2)3/h6-8H,5H2,1-4H3. The van der Waals surface area contributed by atoms with Crippen LogP contribution in [0.1, 0.15) is 12.5 Å². The first-order chi connectivity index (χ1) is 7.60. The molecule has 0 bridgehead atoms. The molecule has 0 aliphatic carbocycles. The molecule has 0 fully saturated rings. The van der Waals surface area contributed by atoms with Crippen LogP contribution in [0.15, 0.2) is 18.2 Å². The van der Waals surface area contributed by atoms with Gasteiger partial charge in [-0.2, -0.15) is 0 Å². The third kappa shape index (κ3) is 2.85. The Balaban J connectivity index is 3.03. The van der Waals surface area contributed by atoms with E-state index in [2.05, 4.69) is 0 Å². The topological polar surface area (TPSA) is 21.7 Å². The van der Waals surface area contributed by atoms with Crippen LogP contribution < -0.4 is 9.47 Å². The fourth-order valence-corrected chi connectivity index (χ4v) is 1.46. The SMILES string of the molecule is CCOc1ccc(C(=S)N(C)C)cc1OC. The number of thiocarbonyl (C=S) groups is 1. The molecule has 0 radical (unpaired) electrons. The zero-order chi connectivity index (χ0) is 12.1. The van der Waals surface area contributed by atoms with Gasteiger partial charge in [-0.15, -0.1) is 0 Å². The predicted molar refractivity (Wildman–Crippen MR) is 69.6 cm³/mol. The van der Waals surface area contributed by atoms with Crippen molar-refractivity contribution in [1.29, 1.82) is 0 Å². The van der Waals surface area contributed by atoms with Gasteiger partial charge in [0.05, 0.1) is 13.7 Å². The fourth-order valence-electron chi connectivity index (χ4n) is 1.33. The second kappa shape index (κ2) is 5.70. The Morgan fingerprint density at radius 3 is 2.50 bits per heavy atom. The van der Waals surface area contributed by atoms with Gasteiger partial charge in [-0.05, 0) is 25.1 Å². The van der Waals surface area contributed by atoms with Gasteiger partial charge in [-0.25, -0.2) is 0 Å².